The standard InChI is InChI=1S/2C10H16.C3H6O2/c1-7-4-5-8-6-9(7)10(8,2)3;1-8(2)10-6-4-9(3)5-7-10;1-3(4)5-2/h4,8-9H,5-6H2,1-3H3;4,10H,1,5-7H2,2-3H3;1-2H3. The summed E-state index contributed by atoms with van der Waals surface area (Å²) in [6, 6.07) is 0. The van der Waals surface area contributed by atoms with Crippen molar-refractivity contribution in [3.63, 3.8) is 0 Å². The molecule has 0 aromatic rings. The van der Waals surface area contributed by atoms with Gasteiger partial charge in [-0.2, -0.15) is 0 Å². The Labute approximate surface area is 155 Å². The lowest BCUT2D eigenvalue weighted by Gasteiger charge is -2.56. The number of rotatable bonds is 1. The molecule has 0 aromatic heterocycles. The summed E-state index contributed by atoms with van der Waals surface area (Å²) in [5, 5.41) is 0. The predicted molar refractivity (Wildman–Crippen MR) is 107 cm³/mol. The zero-order chi connectivity index (χ0) is 19.2. The highest BCUT2D eigenvalue weighted by molar-refractivity contribution is 5.65. The molecule has 0 aromatic carbocycles. The van der Waals surface area contributed by atoms with Crippen LogP contribution in [0.4, 0.5) is 0 Å². The molecule has 2 heteroatoms. The van der Waals surface area contributed by atoms with E-state index < -0.39 is 0 Å². The highest BCUT2D eigenvalue weighted by atomic mass is 16.5. The Morgan fingerprint density at radius 3 is 2.08 bits per heavy atom. The molecule has 1 saturated carbocycles. The lowest BCUT2D eigenvalue weighted by atomic mass is 9.49. The molecule has 4 aliphatic rings. The van der Waals surface area contributed by atoms with Crippen LogP contribution in [0.15, 0.2) is 35.5 Å². The highest BCUT2D eigenvalue weighted by Gasteiger charge is 2.49. The van der Waals surface area contributed by atoms with Gasteiger partial charge in [0.1, 0.15) is 0 Å². The normalized spacial score (nSPS) is 28.5. The van der Waals surface area contributed by atoms with Crippen LogP contribution in [-0.4, -0.2) is 13.1 Å². The first-order valence-electron chi connectivity index (χ1n) is 9.61. The smallest absolute Gasteiger partial charge is 0.302 e. The summed E-state index contributed by atoms with van der Waals surface area (Å²) < 4.78 is 4.11. The van der Waals surface area contributed by atoms with Gasteiger partial charge in [0.2, 0.25) is 0 Å². The van der Waals surface area contributed by atoms with E-state index in [-0.39, 0.29) is 5.97 Å². The summed E-state index contributed by atoms with van der Waals surface area (Å²) in [7, 11) is 1.35. The molecule has 0 amide bonds. The van der Waals surface area contributed by atoms with Gasteiger partial charge in [0, 0.05) is 6.92 Å². The van der Waals surface area contributed by atoms with Crippen molar-refractivity contribution in [3.05, 3.63) is 35.5 Å². The Balaban J connectivity index is 0.000000200. The van der Waals surface area contributed by atoms with Gasteiger partial charge < -0.3 is 4.74 Å². The maximum atomic E-state index is 9.59. The summed E-state index contributed by atoms with van der Waals surface area (Å²) in [6.07, 6.45) is 11.4. The molecule has 1 fully saturated rings. The average Bonchev–Trinajstić information content (AvgIpc) is 2.56. The van der Waals surface area contributed by atoms with E-state index in [2.05, 4.69) is 58.1 Å². The lowest BCUT2D eigenvalue weighted by molar-refractivity contribution is -0.137. The second kappa shape index (κ2) is 9.40. The number of allylic oxidation sites excluding steroid dienone is 5. The van der Waals surface area contributed by atoms with E-state index in [1.54, 1.807) is 11.1 Å². The number of hydrogen-bond acceptors (Lipinski definition) is 2. The SMILES string of the molecule is C=C(C)C1CC=C(C)CC1.CC1=CCC2CC1C2(C)C.COC(C)=O. The molecule has 2 nitrogen and oxygen atoms in total. The largest absolute Gasteiger partial charge is 0.469 e. The van der Waals surface area contributed by atoms with Crippen molar-refractivity contribution in [2.75, 3.05) is 7.11 Å². The minimum absolute atomic E-state index is 0.245. The molecule has 3 atom stereocenters. The summed E-state index contributed by atoms with van der Waals surface area (Å²) in [6.45, 7) is 16.8. The zero-order valence-corrected chi connectivity index (χ0v) is 17.4. The molecule has 0 aliphatic heterocycles. The minimum atomic E-state index is -0.245. The molecule has 4 aliphatic carbocycles. The van der Waals surface area contributed by atoms with Crippen molar-refractivity contribution in [3.8, 4) is 0 Å². The van der Waals surface area contributed by atoms with Gasteiger partial charge in [0.05, 0.1) is 7.11 Å². The fraction of sp³-hybridized carbons (Fsp3) is 0.696. The Morgan fingerprint density at radius 1 is 1.20 bits per heavy atom. The van der Waals surface area contributed by atoms with Crippen molar-refractivity contribution < 1.29 is 9.53 Å². The van der Waals surface area contributed by atoms with Gasteiger partial charge in [-0.05, 0) is 76.0 Å². The summed E-state index contributed by atoms with van der Waals surface area (Å²) in [4.78, 5) is 9.59. The summed E-state index contributed by atoms with van der Waals surface area (Å²) >= 11 is 0. The molecular formula is C23H38O2. The Hall–Kier alpha value is -1.31. The molecule has 0 N–H and O–H groups in total. The third kappa shape index (κ3) is 6.17. The number of ether oxygens (including phenoxy) is 1. The van der Waals surface area contributed by atoms with Gasteiger partial charge in [0.25, 0.3) is 0 Å². The molecule has 3 unspecified atom stereocenters. The van der Waals surface area contributed by atoms with Crippen LogP contribution in [0.3, 0.4) is 0 Å². The Kier molecular flexibility index (Phi) is 8.18. The van der Waals surface area contributed by atoms with E-state index in [9.17, 15) is 4.79 Å². The number of carbonyl (C=O) groups is 1. The van der Waals surface area contributed by atoms with Crippen molar-refractivity contribution in [2.24, 2.45) is 23.2 Å². The number of fused-ring (bicyclic) bond motifs is 1. The van der Waals surface area contributed by atoms with Crippen molar-refractivity contribution in [2.45, 2.75) is 73.6 Å². The first kappa shape index (κ1) is 21.7. The molecule has 0 heterocycles. The number of esters is 1. The van der Waals surface area contributed by atoms with Gasteiger partial charge >= 0.3 is 5.97 Å². The maximum absolute atomic E-state index is 9.59. The monoisotopic (exact) mass is 346 g/mol. The summed E-state index contributed by atoms with van der Waals surface area (Å²) in [5.41, 5.74) is 5.19. The van der Waals surface area contributed by atoms with Gasteiger partial charge in [0.15, 0.2) is 0 Å². The van der Waals surface area contributed by atoms with E-state index in [1.807, 2.05) is 0 Å². The third-order valence-electron chi connectivity index (χ3n) is 6.37. The lowest BCUT2D eigenvalue weighted by Crippen LogP contribution is -2.47. The Bertz CT molecular complexity index is 536. The van der Waals surface area contributed by atoms with Gasteiger partial charge in [-0.1, -0.05) is 49.3 Å². The van der Waals surface area contributed by atoms with Gasteiger partial charge in [-0.25, -0.2) is 0 Å². The number of carbonyl (C=O) groups excluding carboxylic acids is 1. The van der Waals surface area contributed by atoms with E-state index >= 15 is 0 Å². The van der Waals surface area contributed by atoms with Crippen LogP contribution in [0.25, 0.3) is 0 Å². The average molecular weight is 347 g/mol. The van der Waals surface area contributed by atoms with Crippen LogP contribution in [0.1, 0.15) is 73.6 Å². The maximum Gasteiger partial charge on any atom is 0.302 e. The quantitative estimate of drug-likeness (QED) is 0.401. The van der Waals surface area contributed by atoms with Gasteiger partial charge in [-0.3, -0.25) is 4.79 Å². The fourth-order valence-corrected chi connectivity index (χ4v) is 4.07. The van der Waals surface area contributed by atoms with Crippen LogP contribution in [0.2, 0.25) is 0 Å². The summed E-state index contributed by atoms with van der Waals surface area (Å²) in [5.74, 6) is 2.45. The minimum Gasteiger partial charge on any atom is -0.469 e. The van der Waals surface area contributed by atoms with Crippen molar-refractivity contribution >= 4 is 5.97 Å². The molecule has 0 spiro atoms. The second-order valence-corrected chi connectivity index (χ2v) is 8.55. The predicted octanol–water partition coefficient (Wildman–Crippen LogP) is 6.49. The molecule has 0 saturated heterocycles. The van der Waals surface area contributed by atoms with Crippen LogP contribution in [-0.2, 0) is 9.53 Å². The van der Waals surface area contributed by atoms with Crippen LogP contribution in [0, 0.1) is 23.2 Å². The molecule has 0 radical (unpaired) electrons. The topological polar surface area (TPSA) is 26.3 Å². The molecule has 4 rings (SSSR count). The number of hydrogen-bond donors (Lipinski definition) is 0. The fourth-order valence-electron chi connectivity index (χ4n) is 4.07. The van der Waals surface area contributed by atoms with Crippen molar-refractivity contribution in [1.29, 1.82) is 0 Å². The second-order valence-electron chi connectivity index (χ2n) is 8.55. The Morgan fingerprint density at radius 2 is 1.80 bits per heavy atom. The third-order valence-corrected chi connectivity index (χ3v) is 6.37. The van der Waals surface area contributed by atoms with Gasteiger partial charge in [-0.15, -0.1) is 0 Å². The molecular weight excluding hydrogens is 308 g/mol. The van der Waals surface area contributed by atoms with Crippen molar-refractivity contribution in [1.82, 2.24) is 0 Å². The zero-order valence-electron chi connectivity index (χ0n) is 17.4. The molecule has 2 bridgehead atoms. The number of methoxy groups -OCH3 is 1. The molecule has 142 valence electrons. The highest BCUT2D eigenvalue weighted by Crippen LogP contribution is 2.58. The van der Waals surface area contributed by atoms with E-state index in [4.69, 9.17) is 0 Å². The van der Waals surface area contributed by atoms with E-state index in [1.165, 1.54) is 51.7 Å². The van der Waals surface area contributed by atoms with Crippen LogP contribution >= 0.6 is 0 Å². The first-order valence-corrected chi connectivity index (χ1v) is 9.61. The van der Waals surface area contributed by atoms with E-state index in [0.717, 1.165) is 17.8 Å². The van der Waals surface area contributed by atoms with Crippen LogP contribution < -0.4 is 0 Å². The van der Waals surface area contributed by atoms with Crippen LogP contribution in [0.5, 0.6) is 0 Å². The first-order chi connectivity index (χ1) is 11.6. The van der Waals surface area contributed by atoms with E-state index in [0.29, 0.717) is 5.41 Å². The molecule has 25 heavy (non-hydrogen) atoms.